The predicted octanol–water partition coefficient (Wildman–Crippen LogP) is 2.90. The molecule has 1 N–H and O–H groups in total. The standard InChI is InChI=1S/C14H20F3NO3/c1-5-6-7-8-9-10(11(19)21-13(2,3)4)18-12(20)14(15,16)17/h5-8,10H,9H2,1-4H3,(H,18,20)/b6-5+,8-7+. The molecule has 0 spiro atoms. The molecule has 0 rings (SSSR count). The van der Waals surface area contributed by atoms with Crippen LogP contribution >= 0.6 is 0 Å². The van der Waals surface area contributed by atoms with E-state index < -0.39 is 29.7 Å². The molecule has 120 valence electrons. The summed E-state index contributed by atoms with van der Waals surface area (Å²) in [5.41, 5.74) is -0.856. The van der Waals surface area contributed by atoms with Gasteiger partial charge in [0.15, 0.2) is 0 Å². The first-order chi connectivity index (χ1) is 9.47. The van der Waals surface area contributed by atoms with E-state index in [1.165, 1.54) is 6.08 Å². The molecule has 0 aliphatic heterocycles. The van der Waals surface area contributed by atoms with Crippen LogP contribution in [0.3, 0.4) is 0 Å². The van der Waals surface area contributed by atoms with Crippen LogP contribution in [-0.2, 0) is 14.3 Å². The first kappa shape index (κ1) is 19.2. The molecule has 1 amide bonds. The van der Waals surface area contributed by atoms with Gasteiger partial charge in [0.1, 0.15) is 11.6 Å². The lowest BCUT2D eigenvalue weighted by atomic mass is 10.1. The van der Waals surface area contributed by atoms with E-state index in [1.54, 1.807) is 51.2 Å². The minimum absolute atomic E-state index is 0.0962. The largest absolute Gasteiger partial charge is 0.471 e. The average Bonchev–Trinajstić information content (AvgIpc) is 2.29. The van der Waals surface area contributed by atoms with Crippen molar-refractivity contribution in [2.75, 3.05) is 0 Å². The fraction of sp³-hybridized carbons (Fsp3) is 0.571. The van der Waals surface area contributed by atoms with Gasteiger partial charge >= 0.3 is 18.1 Å². The van der Waals surface area contributed by atoms with Crippen molar-refractivity contribution in [2.24, 2.45) is 0 Å². The van der Waals surface area contributed by atoms with E-state index in [1.807, 2.05) is 0 Å². The Hall–Kier alpha value is -1.79. The van der Waals surface area contributed by atoms with Crippen LogP contribution in [0.5, 0.6) is 0 Å². The van der Waals surface area contributed by atoms with Crippen molar-refractivity contribution in [2.45, 2.75) is 51.9 Å². The van der Waals surface area contributed by atoms with E-state index >= 15 is 0 Å². The van der Waals surface area contributed by atoms with Gasteiger partial charge in [0.05, 0.1) is 0 Å². The topological polar surface area (TPSA) is 55.4 Å². The second kappa shape index (κ2) is 7.85. The number of hydrogen-bond acceptors (Lipinski definition) is 3. The zero-order chi connectivity index (χ0) is 16.7. The molecule has 0 aromatic carbocycles. The second-order valence-corrected chi connectivity index (χ2v) is 5.25. The Bertz CT molecular complexity index is 420. The number of alkyl halides is 3. The van der Waals surface area contributed by atoms with Crippen LogP contribution < -0.4 is 5.32 Å². The monoisotopic (exact) mass is 307 g/mol. The summed E-state index contributed by atoms with van der Waals surface area (Å²) in [7, 11) is 0. The summed E-state index contributed by atoms with van der Waals surface area (Å²) in [5.74, 6) is -3.08. The molecule has 0 fully saturated rings. The lowest BCUT2D eigenvalue weighted by Gasteiger charge is -2.24. The van der Waals surface area contributed by atoms with Crippen molar-refractivity contribution in [1.82, 2.24) is 5.32 Å². The summed E-state index contributed by atoms with van der Waals surface area (Å²) < 4.78 is 41.8. The molecule has 1 atom stereocenters. The molecule has 4 nitrogen and oxygen atoms in total. The summed E-state index contributed by atoms with van der Waals surface area (Å²) in [6.07, 6.45) is 1.27. The van der Waals surface area contributed by atoms with Gasteiger partial charge in [-0.25, -0.2) is 4.79 Å². The number of esters is 1. The first-order valence-electron chi connectivity index (χ1n) is 6.35. The molecule has 0 radical (unpaired) electrons. The van der Waals surface area contributed by atoms with E-state index in [0.29, 0.717) is 0 Å². The van der Waals surface area contributed by atoms with Crippen molar-refractivity contribution in [3.63, 3.8) is 0 Å². The maximum absolute atomic E-state index is 12.3. The van der Waals surface area contributed by atoms with Gasteiger partial charge in [-0.3, -0.25) is 4.79 Å². The van der Waals surface area contributed by atoms with Gasteiger partial charge in [0, 0.05) is 0 Å². The zero-order valence-electron chi connectivity index (χ0n) is 12.5. The second-order valence-electron chi connectivity index (χ2n) is 5.25. The van der Waals surface area contributed by atoms with E-state index in [0.717, 1.165) is 0 Å². The molecule has 0 bridgehead atoms. The summed E-state index contributed by atoms with van der Waals surface area (Å²) in [5, 5.41) is 1.64. The maximum Gasteiger partial charge on any atom is 0.471 e. The number of nitrogens with one attached hydrogen (secondary N) is 1. The van der Waals surface area contributed by atoms with Crippen molar-refractivity contribution < 1.29 is 27.5 Å². The highest BCUT2D eigenvalue weighted by atomic mass is 19.4. The number of halogens is 3. The Balaban J connectivity index is 4.92. The predicted molar refractivity (Wildman–Crippen MR) is 72.4 cm³/mol. The van der Waals surface area contributed by atoms with Crippen LogP contribution in [0.4, 0.5) is 13.2 Å². The summed E-state index contributed by atoms with van der Waals surface area (Å²) >= 11 is 0. The normalized spacial score (nSPS) is 14.4. The summed E-state index contributed by atoms with van der Waals surface area (Å²) in [6, 6.07) is -1.39. The minimum Gasteiger partial charge on any atom is -0.458 e. The molecule has 1 unspecified atom stereocenters. The van der Waals surface area contributed by atoms with E-state index in [9.17, 15) is 22.8 Å². The summed E-state index contributed by atoms with van der Waals surface area (Å²) in [4.78, 5) is 22.8. The molecular formula is C14H20F3NO3. The van der Waals surface area contributed by atoms with Crippen LogP contribution in [-0.4, -0.2) is 29.7 Å². The third-order valence-electron chi connectivity index (χ3n) is 2.07. The van der Waals surface area contributed by atoms with Crippen LogP contribution in [0.15, 0.2) is 24.3 Å². The number of carbonyl (C=O) groups is 2. The maximum atomic E-state index is 12.3. The molecule has 0 saturated heterocycles. The number of amides is 1. The van der Waals surface area contributed by atoms with Crippen LogP contribution in [0.25, 0.3) is 0 Å². The Morgan fingerprint density at radius 3 is 2.19 bits per heavy atom. The Labute approximate surface area is 122 Å². The summed E-state index contributed by atoms with van der Waals surface area (Å²) in [6.45, 7) is 6.52. The minimum atomic E-state index is -5.05. The number of hydrogen-bond donors (Lipinski definition) is 1. The van der Waals surface area contributed by atoms with E-state index in [-0.39, 0.29) is 6.42 Å². The van der Waals surface area contributed by atoms with Crippen LogP contribution in [0.1, 0.15) is 34.1 Å². The molecule has 0 aliphatic rings. The quantitative estimate of drug-likeness (QED) is 0.627. The SMILES string of the molecule is C/C=C/C=C/CC(NC(=O)C(F)(F)F)C(=O)OC(C)(C)C. The fourth-order valence-electron chi connectivity index (χ4n) is 1.23. The van der Waals surface area contributed by atoms with Crippen molar-refractivity contribution in [3.8, 4) is 0 Å². The van der Waals surface area contributed by atoms with Gasteiger partial charge in [0.25, 0.3) is 0 Å². The number of carbonyl (C=O) groups excluding carboxylic acids is 2. The van der Waals surface area contributed by atoms with Crippen molar-refractivity contribution in [1.29, 1.82) is 0 Å². The molecule has 0 saturated carbocycles. The molecule has 0 heterocycles. The van der Waals surface area contributed by atoms with E-state index in [4.69, 9.17) is 4.74 Å². The number of ether oxygens (including phenoxy) is 1. The first-order valence-corrected chi connectivity index (χ1v) is 6.35. The molecule has 0 aliphatic carbocycles. The van der Waals surface area contributed by atoms with Gasteiger partial charge in [-0.05, 0) is 34.1 Å². The molecule has 0 aromatic rings. The highest BCUT2D eigenvalue weighted by Gasteiger charge is 2.41. The third kappa shape index (κ3) is 8.88. The van der Waals surface area contributed by atoms with Gasteiger partial charge in [-0.1, -0.05) is 24.3 Å². The highest BCUT2D eigenvalue weighted by Crippen LogP contribution is 2.16. The number of allylic oxidation sites excluding steroid dienone is 3. The molecule has 21 heavy (non-hydrogen) atoms. The lowest BCUT2D eigenvalue weighted by Crippen LogP contribution is -2.48. The van der Waals surface area contributed by atoms with Crippen LogP contribution in [0.2, 0.25) is 0 Å². The highest BCUT2D eigenvalue weighted by molar-refractivity contribution is 5.87. The van der Waals surface area contributed by atoms with Gasteiger partial charge < -0.3 is 10.1 Å². The van der Waals surface area contributed by atoms with Crippen molar-refractivity contribution in [3.05, 3.63) is 24.3 Å². The molecular weight excluding hydrogens is 287 g/mol. The Morgan fingerprint density at radius 2 is 1.76 bits per heavy atom. The Kier molecular flexibility index (Phi) is 7.18. The van der Waals surface area contributed by atoms with E-state index in [2.05, 4.69) is 0 Å². The zero-order valence-corrected chi connectivity index (χ0v) is 12.5. The van der Waals surface area contributed by atoms with Gasteiger partial charge in [-0.2, -0.15) is 13.2 Å². The third-order valence-corrected chi connectivity index (χ3v) is 2.07. The Morgan fingerprint density at radius 1 is 1.19 bits per heavy atom. The average molecular weight is 307 g/mol. The van der Waals surface area contributed by atoms with Gasteiger partial charge in [0.2, 0.25) is 0 Å². The molecule has 7 heteroatoms. The lowest BCUT2D eigenvalue weighted by molar-refractivity contribution is -0.177. The molecule has 0 aromatic heterocycles. The van der Waals surface area contributed by atoms with Crippen molar-refractivity contribution >= 4 is 11.9 Å². The smallest absolute Gasteiger partial charge is 0.458 e. The fourth-order valence-corrected chi connectivity index (χ4v) is 1.23. The number of rotatable bonds is 5. The van der Waals surface area contributed by atoms with Gasteiger partial charge in [-0.15, -0.1) is 0 Å². The van der Waals surface area contributed by atoms with Crippen LogP contribution in [0, 0.1) is 0 Å².